The summed E-state index contributed by atoms with van der Waals surface area (Å²) in [6.07, 6.45) is 1.40. The summed E-state index contributed by atoms with van der Waals surface area (Å²) in [5.41, 5.74) is 1.36. The molecular formula is C16H25N2O2+. The summed E-state index contributed by atoms with van der Waals surface area (Å²) in [6.45, 7) is 7.58. The first-order valence-electron chi connectivity index (χ1n) is 7.55. The highest BCUT2D eigenvalue weighted by Gasteiger charge is 2.31. The Hall–Kier alpha value is -1.39. The lowest BCUT2D eigenvalue weighted by Crippen LogP contribution is -2.60. The average molecular weight is 277 g/mol. The molecule has 4 heteroatoms. The molecule has 1 aliphatic heterocycles. The van der Waals surface area contributed by atoms with Crippen molar-refractivity contribution in [3.05, 3.63) is 30.3 Å². The van der Waals surface area contributed by atoms with Crippen LogP contribution in [0, 0.1) is 0 Å². The molecule has 0 radical (unpaired) electrons. The SMILES string of the molecule is CCOC(=O)CCC[N+]1(c2ccccc2)CCNCC1. The van der Waals surface area contributed by atoms with Crippen molar-refractivity contribution in [1.82, 2.24) is 9.80 Å². The Kier molecular flexibility index (Phi) is 5.56. The highest BCUT2D eigenvalue weighted by molar-refractivity contribution is 5.69. The van der Waals surface area contributed by atoms with Gasteiger partial charge in [0.05, 0.1) is 32.7 Å². The Bertz CT molecular complexity index is 414. The lowest BCUT2D eigenvalue weighted by Gasteiger charge is -2.41. The molecule has 4 nitrogen and oxygen atoms in total. The number of para-hydroxylation sites is 1. The minimum atomic E-state index is -0.0751. The monoisotopic (exact) mass is 277 g/mol. The van der Waals surface area contributed by atoms with Crippen LogP contribution < -0.4 is 9.80 Å². The Morgan fingerprint density at radius 1 is 1.25 bits per heavy atom. The summed E-state index contributed by atoms with van der Waals surface area (Å²) in [7, 11) is 0. The van der Waals surface area contributed by atoms with E-state index in [0.717, 1.165) is 43.6 Å². The van der Waals surface area contributed by atoms with E-state index in [4.69, 9.17) is 4.74 Å². The molecule has 1 heterocycles. The average Bonchev–Trinajstić information content (AvgIpc) is 2.49. The number of carbonyl (C=O) groups excluding carboxylic acids is 1. The zero-order chi connectivity index (χ0) is 14.3. The van der Waals surface area contributed by atoms with Gasteiger partial charge in [-0.1, -0.05) is 18.2 Å². The van der Waals surface area contributed by atoms with Crippen LogP contribution in [0.1, 0.15) is 19.8 Å². The minimum Gasteiger partial charge on any atom is -0.466 e. The summed E-state index contributed by atoms with van der Waals surface area (Å²) in [5.74, 6) is -0.0751. The van der Waals surface area contributed by atoms with Gasteiger partial charge in [-0.2, -0.15) is 0 Å². The van der Waals surface area contributed by atoms with E-state index in [9.17, 15) is 4.79 Å². The molecule has 0 aliphatic carbocycles. The van der Waals surface area contributed by atoms with E-state index in [-0.39, 0.29) is 5.97 Å². The molecule has 20 heavy (non-hydrogen) atoms. The fourth-order valence-corrected chi connectivity index (χ4v) is 2.94. The van der Waals surface area contributed by atoms with Crippen molar-refractivity contribution in [2.75, 3.05) is 39.3 Å². The summed E-state index contributed by atoms with van der Waals surface area (Å²) in [5, 5.41) is 3.42. The van der Waals surface area contributed by atoms with E-state index in [1.165, 1.54) is 5.69 Å². The number of hydrogen-bond acceptors (Lipinski definition) is 3. The molecule has 1 N–H and O–H groups in total. The molecule has 0 spiro atoms. The Labute approximate surface area is 121 Å². The van der Waals surface area contributed by atoms with Gasteiger partial charge in [0.25, 0.3) is 0 Å². The number of rotatable bonds is 6. The molecule has 1 aliphatic rings. The maximum absolute atomic E-state index is 11.5. The van der Waals surface area contributed by atoms with Gasteiger partial charge in [0, 0.05) is 19.5 Å². The first kappa shape index (κ1) is 15.0. The smallest absolute Gasteiger partial charge is 0.305 e. The molecule has 1 saturated heterocycles. The summed E-state index contributed by atoms with van der Waals surface area (Å²) in [6, 6.07) is 10.7. The molecule has 0 unspecified atom stereocenters. The third-order valence-electron chi connectivity index (χ3n) is 4.01. The van der Waals surface area contributed by atoms with Crippen LogP contribution in [0.5, 0.6) is 0 Å². The van der Waals surface area contributed by atoms with Gasteiger partial charge in [-0.25, -0.2) is 0 Å². The van der Waals surface area contributed by atoms with Crippen molar-refractivity contribution in [3.8, 4) is 0 Å². The van der Waals surface area contributed by atoms with Gasteiger partial charge in [0.1, 0.15) is 5.69 Å². The number of carbonyl (C=O) groups is 1. The lowest BCUT2D eigenvalue weighted by molar-refractivity contribution is -0.143. The molecule has 0 saturated carbocycles. The fourth-order valence-electron chi connectivity index (χ4n) is 2.94. The normalized spacial score (nSPS) is 17.6. The van der Waals surface area contributed by atoms with Crippen LogP contribution in [0.15, 0.2) is 30.3 Å². The van der Waals surface area contributed by atoms with Gasteiger partial charge in [-0.15, -0.1) is 0 Å². The second kappa shape index (κ2) is 7.41. The summed E-state index contributed by atoms with van der Waals surface area (Å²) in [4.78, 5) is 11.5. The number of nitrogens with one attached hydrogen (secondary N) is 1. The number of nitrogens with zero attached hydrogens (tertiary/aromatic N) is 1. The van der Waals surface area contributed by atoms with Crippen LogP contribution in [-0.4, -0.2) is 45.3 Å². The zero-order valence-electron chi connectivity index (χ0n) is 12.3. The third kappa shape index (κ3) is 3.81. The van der Waals surface area contributed by atoms with Gasteiger partial charge in [0.15, 0.2) is 0 Å². The fraction of sp³-hybridized carbons (Fsp3) is 0.562. The van der Waals surface area contributed by atoms with Crippen LogP contribution in [0.3, 0.4) is 0 Å². The quantitative estimate of drug-likeness (QED) is 0.638. The number of benzene rings is 1. The van der Waals surface area contributed by atoms with Gasteiger partial charge in [-0.05, 0) is 19.1 Å². The molecule has 0 atom stereocenters. The van der Waals surface area contributed by atoms with E-state index in [2.05, 4.69) is 35.6 Å². The third-order valence-corrected chi connectivity index (χ3v) is 4.01. The molecule has 2 rings (SSSR count). The maximum Gasteiger partial charge on any atom is 0.305 e. The molecule has 1 aromatic rings. The van der Waals surface area contributed by atoms with Crippen LogP contribution in [0.25, 0.3) is 0 Å². The molecule has 0 bridgehead atoms. The molecule has 1 fully saturated rings. The Balaban J connectivity index is 1.99. The second-order valence-corrected chi connectivity index (χ2v) is 5.31. The number of esters is 1. The van der Waals surface area contributed by atoms with Gasteiger partial charge in [-0.3, -0.25) is 9.28 Å². The van der Waals surface area contributed by atoms with Crippen LogP contribution in [0.4, 0.5) is 5.69 Å². The van der Waals surface area contributed by atoms with E-state index < -0.39 is 0 Å². The van der Waals surface area contributed by atoms with E-state index >= 15 is 0 Å². The second-order valence-electron chi connectivity index (χ2n) is 5.31. The van der Waals surface area contributed by atoms with Crippen molar-refractivity contribution in [1.29, 1.82) is 0 Å². The van der Waals surface area contributed by atoms with Crippen molar-refractivity contribution in [3.63, 3.8) is 0 Å². The first-order chi connectivity index (χ1) is 9.77. The predicted molar refractivity (Wildman–Crippen MR) is 81.6 cm³/mol. The molecule has 0 aromatic heterocycles. The van der Waals surface area contributed by atoms with Gasteiger partial charge < -0.3 is 10.1 Å². The van der Waals surface area contributed by atoms with E-state index in [0.29, 0.717) is 13.0 Å². The summed E-state index contributed by atoms with van der Waals surface area (Å²) < 4.78 is 5.99. The molecule has 0 amide bonds. The van der Waals surface area contributed by atoms with Crippen LogP contribution in [0.2, 0.25) is 0 Å². The maximum atomic E-state index is 11.5. The largest absolute Gasteiger partial charge is 0.466 e. The highest BCUT2D eigenvalue weighted by atomic mass is 16.5. The Morgan fingerprint density at radius 2 is 1.95 bits per heavy atom. The van der Waals surface area contributed by atoms with Gasteiger partial charge in [0.2, 0.25) is 0 Å². The van der Waals surface area contributed by atoms with E-state index in [1.807, 2.05) is 6.92 Å². The number of hydrogen-bond donors (Lipinski definition) is 1. The van der Waals surface area contributed by atoms with Crippen molar-refractivity contribution < 1.29 is 9.53 Å². The standard InChI is InChI=1S/C16H25N2O2/c1-2-20-16(19)9-6-12-18(13-10-17-11-14-18)15-7-4-3-5-8-15/h3-5,7-8,17H,2,6,9-14H2,1H3/q+1. The number of ether oxygens (including phenoxy) is 1. The topological polar surface area (TPSA) is 38.3 Å². The van der Waals surface area contributed by atoms with E-state index in [1.54, 1.807) is 0 Å². The Morgan fingerprint density at radius 3 is 2.60 bits per heavy atom. The van der Waals surface area contributed by atoms with Gasteiger partial charge >= 0.3 is 5.97 Å². The van der Waals surface area contributed by atoms with Crippen LogP contribution >= 0.6 is 0 Å². The lowest BCUT2D eigenvalue weighted by atomic mass is 10.1. The van der Waals surface area contributed by atoms with Crippen molar-refractivity contribution in [2.24, 2.45) is 0 Å². The molecule has 1 aromatic carbocycles. The van der Waals surface area contributed by atoms with Crippen LogP contribution in [-0.2, 0) is 9.53 Å². The minimum absolute atomic E-state index is 0.0751. The number of quaternary nitrogens is 1. The molecule has 110 valence electrons. The van der Waals surface area contributed by atoms with Crippen molar-refractivity contribution >= 4 is 11.7 Å². The highest BCUT2D eigenvalue weighted by Crippen LogP contribution is 2.24. The summed E-state index contributed by atoms with van der Waals surface area (Å²) >= 11 is 0. The van der Waals surface area contributed by atoms with Crippen molar-refractivity contribution in [2.45, 2.75) is 19.8 Å². The zero-order valence-corrected chi connectivity index (χ0v) is 12.3. The molecular weight excluding hydrogens is 252 g/mol. The first-order valence-corrected chi connectivity index (χ1v) is 7.55. The predicted octanol–water partition coefficient (Wildman–Crippen LogP) is 1.94. The number of piperazine rings is 1.